The van der Waals surface area contributed by atoms with Crippen LogP contribution < -0.4 is 4.74 Å². The average Bonchev–Trinajstić information content (AvgIpc) is 3.30. The molecule has 1 atom stereocenters. The molecule has 1 aromatic heterocycles. The molecule has 6 heteroatoms. The maximum absolute atomic E-state index is 12.3. The van der Waals surface area contributed by atoms with Crippen LogP contribution in [-0.2, 0) is 11.3 Å². The Kier molecular flexibility index (Phi) is 4.39. The summed E-state index contributed by atoms with van der Waals surface area (Å²) in [5, 5.41) is 4.09. The molecule has 2 heterocycles. The summed E-state index contributed by atoms with van der Waals surface area (Å²) in [7, 11) is 1.62. The van der Waals surface area contributed by atoms with Crippen LogP contribution in [0.2, 0.25) is 0 Å². The van der Waals surface area contributed by atoms with Crippen LogP contribution in [0.3, 0.4) is 0 Å². The number of likely N-dealkylation sites (tertiary alicyclic amines) is 1. The Bertz CT molecular complexity index is 890. The van der Waals surface area contributed by atoms with Gasteiger partial charge in [0.15, 0.2) is 0 Å². The number of rotatable bonds is 5. The van der Waals surface area contributed by atoms with E-state index in [1.165, 1.54) is 0 Å². The number of nitrogens with zero attached hydrogens (tertiary/aromatic N) is 3. The summed E-state index contributed by atoms with van der Waals surface area (Å²) in [4.78, 5) is 18.7. The zero-order valence-corrected chi connectivity index (χ0v) is 14.5. The maximum atomic E-state index is 12.3. The molecule has 1 aliphatic heterocycles. The average molecular weight is 349 g/mol. The first-order chi connectivity index (χ1) is 12.7. The van der Waals surface area contributed by atoms with Crippen LogP contribution in [0.4, 0.5) is 0 Å². The van der Waals surface area contributed by atoms with Gasteiger partial charge in [0, 0.05) is 18.5 Å². The fraction of sp³-hybridized carbons (Fsp3) is 0.250. The second-order valence-corrected chi connectivity index (χ2v) is 6.25. The van der Waals surface area contributed by atoms with E-state index in [0.717, 1.165) is 16.9 Å². The molecule has 1 saturated heterocycles. The molecule has 0 bridgehead atoms. The first-order valence-corrected chi connectivity index (χ1v) is 8.56. The normalized spacial score (nSPS) is 16.9. The summed E-state index contributed by atoms with van der Waals surface area (Å²) < 4.78 is 10.7. The van der Waals surface area contributed by atoms with Crippen molar-refractivity contribution in [1.29, 1.82) is 0 Å². The van der Waals surface area contributed by atoms with Gasteiger partial charge in [0.1, 0.15) is 11.8 Å². The van der Waals surface area contributed by atoms with Gasteiger partial charge < -0.3 is 14.2 Å². The number of aromatic nitrogens is 2. The molecule has 0 aliphatic carbocycles. The lowest BCUT2D eigenvalue weighted by molar-refractivity contribution is -0.129. The van der Waals surface area contributed by atoms with Crippen LogP contribution in [0.25, 0.3) is 11.4 Å². The first kappa shape index (κ1) is 16.3. The van der Waals surface area contributed by atoms with E-state index in [1.807, 2.05) is 59.5 Å². The van der Waals surface area contributed by atoms with E-state index >= 15 is 0 Å². The minimum Gasteiger partial charge on any atom is -0.497 e. The highest BCUT2D eigenvalue weighted by Crippen LogP contribution is 2.34. The van der Waals surface area contributed by atoms with Crippen molar-refractivity contribution in [2.75, 3.05) is 7.11 Å². The van der Waals surface area contributed by atoms with Gasteiger partial charge in [0.05, 0.1) is 7.11 Å². The standard InChI is InChI=1S/C20H19N3O3/c1-25-16-9-7-15(8-10-16)19-21-20(26-22-19)17-11-12-18(24)23(17)13-14-5-3-2-4-6-14/h2-10,17H,11-13H2,1H3. The number of benzene rings is 2. The predicted octanol–water partition coefficient (Wildman–Crippen LogP) is 3.61. The first-order valence-electron chi connectivity index (χ1n) is 8.56. The van der Waals surface area contributed by atoms with Crippen LogP contribution in [-0.4, -0.2) is 28.1 Å². The third-order valence-electron chi connectivity index (χ3n) is 4.60. The zero-order chi connectivity index (χ0) is 17.9. The molecule has 1 aliphatic rings. The van der Waals surface area contributed by atoms with Crippen molar-refractivity contribution in [3.05, 3.63) is 66.1 Å². The lowest BCUT2D eigenvalue weighted by Gasteiger charge is -2.22. The van der Waals surface area contributed by atoms with E-state index in [-0.39, 0.29) is 11.9 Å². The lowest BCUT2D eigenvalue weighted by Crippen LogP contribution is -2.27. The molecular weight excluding hydrogens is 330 g/mol. The van der Waals surface area contributed by atoms with E-state index < -0.39 is 0 Å². The quantitative estimate of drug-likeness (QED) is 0.704. The SMILES string of the molecule is COc1ccc(-c2noc(C3CCC(=O)N3Cc3ccccc3)n2)cc1. The van der Waals surface area contributed by atoms with E-state index in [9.17, 15) is 4.79 Å². The van der Waals surface area contributed by atoms with Crippen molar-refractivity contribution >= 4 is 5.91 Å². The predicted molar refractivity (Wildman–Crippen MR) is 95.3 cm³/mol. The van der Waals surface area contributed by atoms with E-state index in [2.05, 4.69) is 10.1 Å². The van der Waals surface area contributed by atoms with E-state index in [0.29, 0.717) is 31.1 Å². The van der Waals surface area contributed by atoms with Gasteiger partial charge in [-0.05, 0) is 36.2 Å². The summed E-state index contributed by atoms with van der Waals surface area (Å²) >= 11 is 0. The monoisotopic (exact) mass is 349 g/mol. The summed E-state index contributed by atoms with van der Waals surface area (Å²) in [5.41, 5.74) is 1.93. The van der Waals surface area contributed by atoms with Gasteiger partial charge in [-0.2, -0.15) is 4.98 Å². The van der Waals surface area contributed by atoms with Crippen molar-refractivity contribution in [3.8, 4) is 17.1 Å². The Morgan fingerprint density at radius 2 is 1.92 bits per heavy atom. The maximum Gasteiger partial charge on any atom is 0.249 e. The summed E-state index contributed by atoms with van der Waals surface area (Å²) in [6.45, 7) is 0.546. The summed E-state index contributed by atoms with van der Waals surface area (Å²) in [6, 6.07) is 17.2. The third kappa shape index (κ3) is 3.18. The van der Waals surface area contributed by atoms with E-state index in [1.54, 1.807) is 7.11 Å². The topological polar surface area (TPSA) is 68.5 Å². The molecule has 0 spiro atoms. The molecule has 3 aromatic rings. The highest BCUT2D eigenvalue weighted by Gasteiger charge is 2.35. The van der Waals surface area contributed by atoms with Crippen LogP contribution >= 0.6 is 0 Å². The Labute approximate surface area is 151 Å². The Morgan fingerprint density at radius 3 is 2.65 bits per heavy atom. The minimum absolute atomic E-state index is 0.114. The smallest absolute Gasteiger partial charge is 0.249 e. The molecule has 6 nitrogen and oxygen atoms in total. The van der Waals surface area contributed by atoms with Gasteiger partial charge >= 0.3 is 0 Å². The van der Waals surface area contributed by atoms with Crippen molar-refractivity contribution < 1.29 is 14.1 Å². The number of carbonyl (C=O) groups is 1. The van der Waals surface area contributed by atoms with Crippen molar-refractivity contribution in [2.24, 2.45) is 0 Å². The Hall–Kier alpha value is -3.15. The van der Waals surface area contributed by atoms with Crippen molar-refractivity contribution in [1.82, 2.24) is 15.0 Å². The number of amides is 1. The Morgan fingerprint density at radius 1 is 1.15 bits per heavy atom. The molecule has 0 N–H and O–H groups in total. The summed E-state index contributed by atoms with van der Waals surface area (Å²) in [6.07, 6.45) is 1.19. The van der Waals surface area contributed by atoms with Crippen LogP contribution in [0.15, 0.2) is 59.1 Å². The van der Waals surface area contributed by atoms with E-state index in [4.69, 9.17) is 9.26 Å². The molecule has 4 rings (SSSR count). The molecule has 1 fully saturated rings. The zero-order valence-electron chi connectivity index (χ0n) is 14.5. The molecule has 26 heavy (non-hydrogen) atoms. The molecule has 1 amide bonds. The van der Waals surface area contributed by atoms with Crippen molar-refractivity contribution in [2.45, 2.75) is 25.4 Å². The lowest BCUT2D eigenvalue weighted by atomic mass is 10.1. The van der Waals surface area contributed by atoms with Crippen molar-refractivity contribution in [3.63, 3.8) is 0 Å². The fourth-order valence-electron chi connectivity index (χ4n) is 3.20. The molecular formula is C20H19N3O3. The highest BCUT2D eigenvalue weighted by molar-refractivity contribution is 5.78. The third-order valence-corrected chi connectivity index (χ3v) is 4.60. The second-order valence-electron chi connectivity index (χ2n) is 6.25. The number of carbonyl (C=O) groups excluding carboxylic acids is 1. The largest absolute Gasteiger partial charge is 0.497 e. The Balaban J connectivity index is 1.56. The summed E-state index contributed by atoms with van der Waals surface area (Å²) in [5.74, 6) is 1.88. The van der Waals surface area contributed by atoms with Gasteiger partial charge in [-0.3, -0.25) is 4.79 Å². The molecule has 132 valence electrons. The van der Waals surface area contributed by atoms with Gasteiger partial charge in [-0.25, -0.2) is 0 Å². The number of methoxy groups -OCH3 is 1. The van der Waals surface area contributed by atoms with Crippen LogP contribution in [0.1, 0.15) is 30.3 Å². The van der Waals surface area contributed by atoms with Gasteiger partial charge in [0.25, 0.3) is 0 Å². The van der Waals surface area contributed by atoms with Crippen LogP contribution in [0, 0.1) is 0 Å². The molecule has 1 unspecified atom stereocenters. The highest BCUT2D eigenvalue weighted by atomic mass is 16.5. The fourth-order valence-corrected chi connectivity index (χ4v) is 3.20. The van der Waals surface area contributed by atoms with Gasteiger partial charge in [-0.1, -0.05) is 35.5 Å². The molecule has 0 radical (unpaired) electrons. The molecule has 2 aromatic carbocycles. The number of hydrogen-bond donors (Lipinski definition) is 0. The number of hydrogen-bond acceptors (Lipinski definition) is 5. The van der Waals surface area contributed by atoms with Crippen LogP contribution in [0.5, 0.6) is 5.75 Å². The van der Waals surface area contributed by atoms with Gasteiger partial charge in [-0.15, -0.1) is 0 Å². The van der Waals surface area contributed by atoms with Gasteiger partial charge in [0.2, 0.25) is 17.6 Å². The minimum atomic E-state index is -0.179. The molecule has 0 saturated carbocycles. The number of ether oxygens (including phenoxy) is 1. The second kappa shape index (κ2) is 7.00.